The van der Waals surface area contributed by atoms with Crippen LogP contribution in [0.4, 0.5) is 15.9 Å². The first kappa shape index (κ1) is 13.4. The van der Waals surface area contributed by atoms with E-state index in [-0.39, 0.29) is 5.82 Å². The Morgan fingerprint density at radius 2 is 2.30 bits per heavy atom. The van der Waals surface area contributed by atoms with Gasteiger partial charge in [-0.1, -0.05) is 6.07 Å². The highest BCUT2D eigenvalue weighted by atomic mass is 35.5. The second-order valence-electron chi connectivity index (χ2n) is 4.30. The number of nitrogens with zero attached hydrogens (tertiary/aromatic N) is 3. The molecule has 1 aromatic carbocycles. The number of thiazole rings is 1. The normalized spacial score (nSPS) is 11.2. The van der Waals surface area contributed by atoms with Crippen LogP contribution in [0.2, 0.25) is 0 Å². The number of aromatic nitrogens is 2. The number of hydrogen-bond acceptors (Lipinski definition) is 3. The fourth-order valence-corrected chi connectivity index (χ4v) is 3.24. The summed E-state index contributed by atoms with van der Waals surface area (Å²) in [6, 6.07) is 6.52. The summed E-state index contributed by atoms with van der Waals surface area (Å²) in [6.45, 7) is 2.70. The molecule has 6 heteroatoms. The van der Waals surface area contributed by atoms with Crippen LogP contribution in [0.1, 0.15) is 12.6 Å². The maximum absolute atomic E-state index is 13.4. The molecule has 20 heavy (non-hydrogen) atoms. The van der Waals surface area contributed by atoms with Gasteiger partial charge in [-0.05, 0) is 25.1 Å². The van der Waals surface area contributed by atoms with Crippen molar-refractivity contribution in [3.05, 3.63) is 47.4 Å². The van der Waals surface area contributed by atoms with Gasteiger partial charge in [0.25, 0.3) is 0 Å². The molecule has 0 bridgehead atoms. The molecule has 0 saturated heterocycles. The Morgan fingerprint density at radius 3 is 3.00 bits per heavy atom. The number of hydrogen-bond donors (Lipinski definition) is 0. The Balaban J connectivity index is 2.13. The van der Waals surface area contributed by atoms with Gasteiger partial charge in [-0.25, -0.2) is 9.37 Å². The maximum Gasteiger partial charge on any atom is 0.195 e. The third-order valence-electron chi connectivity index (χ3n) is 3.16. The van der Waals surface area contributed by atoms with Crippen molar-refractivity contribution in [2.75, 3.05) is 11.4 Å². The molecule has 0 radical (unpaired) electrons. The van der Waals surface area contributed by atoms with Crippen molar-refractivity contribution in [1.29, 1.82) is 0 Å². The number of anilines is 2. The van der Waals surface area contributed by atoms with Crippen molar-refractivity contribution >= 4 is 39.4 Å². The molecule has 0 aliphatic carbocycles. The zero-order chi connectivity index (χ0) is 14.1. The molecule has 0 amide bonds. The van der Waals surface area contributed by atoms with E-state index in [9.17, 15) is 4.39 Å². The lowest BCUT2D eigenvalue weighted by molar-refractivity contribution is 0.627. The van der Waals surface area contributed by atoms with E-state index in [2.05, 4.69) is 4.98 Å². The lowest BCUT2D eigenvalue weighted by atomic mass is 10.2. The highest BCUT2D eigenvalue weighted by Gasteiger charge is 2.18. The summed E-state index contributed by atoms with van der Waals surface area (Å²) in [5.74, 6) is 0.897. The topological polar surface area (TPSA) is 20.5 Å². The molecule has 2 aromatic heterocycles. The zero-order valence-electron chi connectivity index (χ0n) is 10.9. The summed E-state index contributed by atoms with van der Waals surface area (Å²) < 4.78 is 15.4. The standard InChI is InChI=1S/C14H13ClFN3S/c1-2-18(11-5-3-4-10(16)8-11)13-12(9-15)19-6-7-20-14(19)17-13/h3-8H,2,9H2,1H3. The summed E-state index contributed by atoms with van der Waals surface area (Å²) >= 11 is 7.63. The fourth-order valence-electron chi connectivity index (χ4n) is 2.26. The Kier molecular flexibility index (Phi) is 3.63. The van der Waals surface area contributed by atoms with E-state index in [4.69, 9.17) is 11.6 Å². The van der Waals surface area contributed by atoms with E-state index in [0.29, 0.717) is 12.4 Å². The first-order valence-corrected chi connectivity index (χ1v) is 7.69. The average Bonchev–Trinajstić information content (AvgIpc) is 3.00. The molecule has 0 aliphatic heterocycles. The lowest BCUT2D eigenvalue weighted by Gasteiger charge is -2.21. The van der Waals surface area contributed by atoms with Crippen molar-refractivity contribution in [3.63, 3.8) is 0 Å². The van der Waals surface area contributed by atoms with Crippen LogP contribution in [0.15, 0.2) is 35.8 Å². The lowest BCUT2D eigenvalue weighted by Crippen LogP contribution is -2.18. The molecule has 2 heterocycles. The van der Waals surface area contributed by atoms with Crippen LogP contribution in [0.5, 0.6) is 0 Å². The smallest absolute Gasteiger partial charge is 0.195 e. The quantitative estimate of drug-likeness (QED) is 0.664. The first-order valence-electron chi connectivity index (χ1n) is 6.28. The van der Waals surface area contributed by atoms with Gasteiger partial charge in [0.15, 0.2) is 10.8 Å². The van der Waals surface area contributed by atoms with Gasteiger partial charge in [-0.15, -0.1) is 22.9 Å². The van der Waals surface area contributed by atoms with E-state index >= 15 is 0 Å². The second kappa shape index (κ2) is 5.42. The van der Waals surface area contributed by atoms with Gasteiger partial charge in [-0.3, -0.25) is 4.40 Å². The summed E-state index contributed by atoms with van der Waals surface area (Å²) in [6.07, 6.45) is 1.95. The molecular weight excluding hydrogens is 297 g/mol. The van der Waals surface area contributed by atoms with Gasteiger partial charge in [-0.2, -0.15) is 0 Å². The van der Waals surface area contributed by atoms with Crippen molar-refractivity contribution in [3.8, 4) is 0 Å². The van der Waals surface area contributed by atoms with Crippen LogP contribution in [-0.4, -0.2) is 15.9 Å². The SMILES string of the molecule is CCN(c1cccc(F)c1)c1nc2sccn2c1CCl. The van der Waals surface area contributed by atoms with Crippen LogP contribution >= 0.6 is 22.9 Å². The molecular formula is C14H13ClFN3S. The Hall–Kier alpha value is -1.59. The van der Waals surface area contributed by atoms with Crippen LogP contribution in [0.3, 0.4) is 0 Å². The monoisotopic (exact) mass is 309 g/mol. The highest BCUT2D eigenvalue weighted by molar-refractivity contribution is 7.15. The van der Waals surface area contributed by atoms with Crippen LogP contribution < -0.4 is 4.90 Å². The van der Waals surface area contributed by atoms with Gasteiger partial charge in [0.05, 0.1) is 11.6 Å². The minimum Gasteiger partial charge on any atom is -0.325 e. The van der Waals surface area contributed by atoms with E-state index in [0.717, 1.165) is 22.2 Å². The van der Waals surface area contributed by atoms with Crippen LogP contribution in [0, 0.1) is 5.82 Å². The molecule has 0 fully saturated rings. The Bertz CT molecular complexity index is 737. The van der Waals surface area contributed by atoms with Gasteiger partial charge >= 0.3 is 0 Å². The van der Waals surface area contributed by atoms with E-state index < -0.39 is 0 Å². The summed E-state index contributed by atoms with van der Waals surface area (Å²) in [5, 5.41) is 1.97. The van der Waals surface area contributed by atoms with Crippen molar-refractivity contribution in [1.82, 2.24) is 9.38 Å². The third kappa shape index (κ3) is 2.17. The molecule has 104 valence electrons. The molecule has 0 spiro atoms. The molecule has 3 nitrogen and oxygen atoms in total. The van der Waals surface area contributed by atoms with Gasteiger partial charge in [0, 0.05) is 23.8 Å². The Labute approximate surface area is 125 Å². The van der Waals surface area contributed by atoms with E-state index in [1.807, 2.05) is 33.9 Å². The third-order valence-corrected chi connectivity index (χ3v) is 4.17. The zero-order valence-corrected chi connectivity index (χ0v) is 12.5. The van der Waals surface area contributed by atoms with E-state index in [1.165, 1.54) is 12.1 Å². The molecule has 3 aromatic rings. The molecule has 0 atom stereocenters. The van der Waals surface area contributed by atoms with E-state index in [1.54, 1.807) is 17.4 Å². The predicted octanol–water partition coefficient (Wildman–Crippen LogP) is 4.43. The van der Waals surface area contributed by atoms with Gasteiger partial charge in [0.1, 0.15) is 5.82 Å². The van der Waals surface area contributed by atoms with Crippen molar-refractivity contribution < 1.29 is 4.39 Å². The maximum atomic E-state index is 13.4. The number of alkyl halides is 1. The molecule has 0 saturated carbocycles. The molecule has 0 unspecified atom stereocenters. The largest absolute Gasteiger partial charge is 0.325 e. The minimum absolute atomic E-state index is 0.255. The predicted molar refractivity (Wildman–Crippen MR) is 81.7 cm³/mol. The Morgan fingerprint density at radius 1 is 1.45 bits per heavy atom. The summed E-state index contributed by atoms with van der Waals surface area (Å²) in [7, 11) is 0. The molecule has 0 aliphatic rings. The van der Waals surface area contributed by atoms with Crippen LogP contribution in [-0.2, 0) is 5.88 Å². The number of rotatable bonds is 4. The fraction of sp³-hybridized carbons (Fsp3) is 0.214. The second-order valence-corrected chi connectivity index (χ2v) is 5.44. The van der Waals surface area contributed by atoms with Crippen molar-refractivity contribution in [2.24, 2.45) is 0 Å². The minimum atomic E-state index is -0.255. The highest BCUT2D eigenvalue weighted by Crippen LogP contribution is 2.31. The van der Waals surface area contributed by atoms with Crippen molar-refractivity contribution in [2.45, 2.75) is 12.8 Å². The summed E-state index contributed by atoms with van der Waals surface area (Å²) in [5.41, 5.74) is 1.71. The average molecular weight is 310 g/mol. The van der Waals surface area contributed by atoms with Gasteiger partial charge in [0.2, 0.25) is 0 Å². The molecule has 3 rings (SSSR count). The number of benzene rings is 1. The number of imidazole rings is 1. The number of fused-ring (bicyclic) bond motifs is 1. The number of halogens is 2. The molecule has 0 N–H and O–H groups in total. The van der Waals surface area contributed by atoms with Crippen LogP contribution in [0.25, 0.3) is 4.96 Å². The first-order chi connectivity index (χ1) is 9.74. The van der Waals surface area contributed by atoms with Gasteiger partial charge < -0.3 is 4.90 Å². The summed E-state index contributed by atoms with van der Waals surface area (Å²) in [4.78, 5) is 7.49.